The van der Waals surface area contributed by atoms with Crippen LogP contribution in [0.1, 0.15) is 38.5 Å². The van der Waals surface area contributed by atoms with Crippen LogP contribution in [0.3, 0.4) is 0 Å². The molecule has 7 heteroatoms. The largest absolute Gasteiger partial charge is 0.337 e. The van der Waals surface area contributed by atoms with E-state index < -0.39 is 11.1 Å². The van der Waals surface area contributed by atoms with Crippen molar-refractivity contribution in [1.29, 1.82) is 21.3 Å². The molecule has 29 heavy (non-hydrogen) atoms. The molecule has 2 aromatic rings. The number of nitrogens with zero attached hydrogens (tertiary/aromatic N) is 3. The first-order valence-electron chi connectivity index (χ1n) is 8.97. The minimum Gasteiger partial charge on any atom is -0.337 e. The molecular weight excluding hydrogens is 386 g/mol. The summed E-state index contributed by atoms with van der Waals surface area (Å²) in [5, 5.41) is 32.3. The number of rotatable bonds is 5. The van der Waals surface area contributed by atoms with Gasteiger partial charge in [0.2, 0.25) is 0 Å². The summed E-state index contributed by atoms with van der Waals surface area (Å²) in [5.74, 6) is 0.101. The molecule has 1 amide bonds. The van der Waals surface area contributed by atoms with Gasteiger partial charge in [-0.2, -0.15) is 10.5 Å². The fourth-order valence-corrected chi connectivity index (χ4v) is 3.42. The fourth-order valence-electron chi connectivity index (χ4n) is 3.25. The molecule has 0 spiro atoms. The lowest BCUT2D eigenvalue weighted by molar-refractivity contribution is 0.0602. The van der Waals surface area contributed by atoms with Crippen molar-refractivity contribution < 1.29 is 4.79 Å². The average Bonchev–Trinajstić information content (AvgIpc) is 2.71. The standard InChI is InChI=1S/C22H18ClN5O/c1-13-2-5-16(8-18(13)21(27)20(23)19(26)10-25)22(29)28-11-17(12-28)15-6-3-14(9-24)4-7-15/h2-8,17,20,26-27H,11-12H2,1H3. The molecule has 6 nitrogen and oxygen atoms in total. The second kappa shape index (κ2) is 8.26. The number of alkyl halides is 1. The Balaban J connectivity index is 1.72. The quantitative estimate of drug-likeness (QED) is 0.586. The summed E-state index contributed by atoms with van der Waals surface area (Å²) < 4.78 is 0. The number of nitrogens with one attached hydrogen (secondary N) is 2. The minimum atomic E-state index is -1.14. The summed E-state index contributed by atoms with van der Waals surface area (Å²) in [6.07, 6.45) is 0. The van der Waals surface area contributed by atoms with E-state index in [1.807, 2.05) is 12.1 Å². The van der Waals surface area contributed by atoms with Crippen LogP contribution >= 0.6 is 11.6 Å². The van der Waals surface area contributed by atoms with E-state index in [2.05, 4.69) is 6.07 Å². The highest BCUT2D eigenvalue weighted by Gasteiger charge is 2.32. The second-order valence-electron chi connectivity index (χ2n) is 6.97. The van der Waals surface area contributed by atoms with Crippen molar-refractivity contribution >= 4 is 28.9 Å². The molecule has 1 atom stereocenters. The summed E-state index contributed by atoms with van der Waals surface area (Å²) in [4.78, 5) is 14.6. The Hall–Kier alpha value is -3.48. The van der Waals surface area contributed by atoms with Crippen LogP contribution in [0.25, 0.3) is 0 Å². The zero-order valence-electron chi connectivity index (χ0n) is 15.7. The van der Waals surface area contributed by atoms with Gasteiger partial charge in [0, 0.05) is 30.1 Å². The van der Waals surface area contributed by atoms with Crippen molar-refractivity contribution in [3.05, 3.63) is 70.3 Å². The Morgan fingerprint density at radius 1 is 1.17 bits per heavy atom. The van der Waals surface area contributed by atoms with Crippen molar-refractivity contribution in [2.45, 2.75) is 18.2 Å². The van der Waals surface area contributed by atoms with Gasteiger partial charge >= 0.3 is 0 Å². The number of hydrogen-bond acceptors (Lipinski definition) is 5. The molecule has 1 aliphatic rings. The van der Waals surface area contributed by atoms with Crippen LogP contribution in [-0.4, -0.2) is 40.7 Å². The maximum atomic E-state index is 12.8. The fraction of sp³-hybridized carbons (Fsp3) is 0.227. The predicted octanol–water partition coefficient (Wildman–Crippen LogP) is 3.62. The summed E-state index contributed by atoms with van der Waals surface area (Å²) in [6, 6.07) is 16.2. The van der Waals surface area contributed by atoms with Gasteiger partial charge in [0.1, 0.15) is 17.2 Å². The van der Waals surface area contributed by atoms with Gasteiger partial charge in [-0.3, -0.25) is 10.2 Å². The first-order valence-corrected chi connectivity index (χ1v) is 9.40. The van der Waals surface area contributed by atoms with Gasteiger partial charge in [0.25, 0.3) is 5.91 Å². The number of likely N-dealkylation sites (tertiary alicyclic amines) is 1. The molecule has 0 aliphatic carbocycles. The van der Waals surface area contributed by atoms with Crippen molar-refractivity contribution in [2.75, 3.05) is 13.1 Å². The molecule has 3 rings (SSSR count). The third-order valence-corrected chi connectivity index (χ3v) is 5.52. The van der Waals surface area contributed by atoms with Crippen LogP contribution in [-0.2, 0) is 0 Å². The predicted molar refractivity (Wildman–Crippen MR) is 111 cm³/mol. The zero-order valence-corrected chi connectivity index (χ0v) is 16.5. The van der Waals surface area contributed by atoms with Gasteiger partial charge < -0.3 is 10.3 Å². The molecule has 0 bridgehead atoms. The van der Waals surface area contributed by atoms with E-state index in [-0.39, 0.29) is 17.5 Å². The Kier molecular flexibility index (Phi) is 5.77. The first kappa shape index (κ1) is 20.3. The van der Waals surface area contributed by atoms with Crippen LogP contribution in [0, 0.1) is 40.4 Å². The van der Waals surface area contributed by atoms with Crippen molar-refractivity contribution in [3.8, 4) is 12.1 Å². The maximum absolute atomic E-state index is 12.8. The van der Waals surface area contributed by atoms with E-state index >= 15 is 0 Å². The molecule has 144 valence electrons. The number of benzene rings is 2. The minimum absolute atomic E-state index is 0.0653. The molecule has 2 N–H and O–H groups in total. The van der Waals surface area contributed by atoms with E-state index in [4.69, 9.17) is 32.9 Å². The van der Waals surface area contributed by atoms with E-state index in [9.17, 15) is 4.79 Å². The highest BCUT2D eigenvalue weighted by atomic mass is 35.5. The second-order valence-corrected chi connectivity index (χ2v) is 7.41. The average molecular weight is 404 g/mol. The number of nitriles is 2. The zero-order chi connectivity index (χ0) is 21.1. The highest BCUT2D eigenvalue weighted by molar-refractivity contribution is 6.47. The molecule has 1 aliphatic heterocycles. The summed E-state index contributed by atoms with van der Waals surface area (Å²) in [5.41, 5.74) is 2.89. The maximum Gasteiger partial charge on any atom is 0.253 e. The van der Waals surface area contributed by atoms with Gasteiger partial charge in [-0.15, -0.1) is 11.6 Å². The van der Waals surface area contributed by atoms with Crippen LogP contribution in [0.4, 0.5) is 0 Å². The van der Waals surface area contributed by atoms with Crippen molar-refractivity contribution in [2.24, 2.45) is 0 Å². The number of halogens is 1. The molecule has 1 saturated heterocycles. The molecule has 0 saturated carbocycles. The topological polar surface area (TPSA) is 116 Å². The summed E-state index contributed by atoms with van der Waals surface area (Å²) in [7, 11) is 0. The lowest BCUT2D eigenvalue weighted by Crippen LogP contribution is -2.48. The van der Waals surface area contributed by atoms with Gasteiger partial charge in [0.05, 0.1) is 17.3 Å². The summed E-state index contributed by atoms with van der Waals surface area (Å²) >= 11 is 6.04. The molecule has 2 aromatic carbocycles. The normalized spacial score (nSPS) is 14.3. The van der Waals surface area contributed by atoms with Gasteiger partial charge in [-0.05, 0) is 42.3 Å². The number of amides is 1. The number of carbonyl (C=O) groups excluding carboxylic acids is 1. The molecule has 0 aromatic heterocycles. The molecule has 1 unspecified atom stereocenters. The molecule has 0 radical (unpaired) electrons. The molecule has 1 fully saturated rings. The number of carbonyl (C=O) groups is 1. The van der Waals surface area contributed by atoms with Gasteiger partial charge in [0.15, 0.2) is 0 Å². The third kappa shape index (κ3) is 4.03. The van der Waals surface area contributed by atoms with Crippen molar-refractivity contribution in [3.63, 3.8) is 0 Å². The van der Waals surface area contributed by atoms with Crippen molar-refractivity contribution in [1.82, 2.24) is 4.90 Å². The van der Waals surface area contributed by atoms with Crippen LogP contribution in [0.2, 0.25) is 0 Å². The number of hydrogen-bond donors (Lipinski definition) is 2. The van der Waals surface area contributed by atoms with E-state index in [0.717, 1.165) is 11.1 Å². The van der Waals surface area contributed by atoms with Crippen LogP contribution < -0.4 is 0 Å². The Morgan fingerprint density at radius 2 is 1.83 bits per heavy atom. The number of aryl methyl sites for hydroxylation is 1. The lowest BCUT2D eigenvalue weighted by Gasteiger charge is -2.39. The Bertz CT molecular complexity index is 1070. The highest BCUT2D eigenvalue weighted by Crippen LogP contribution is 2.29. The smallest absolute Gasteiger partial charge is 0.253 e. The van der Waals surface area contributed by atoms with E-state index in [0.29, 0.717) is 29.8 Å². The molecular formula is C22H18ClN5O. The third-order valence-electron chi connectivity index (χ3n) is 5.08. The van der Waals surface area contributed by atoms with E-state index in [1.54, 1.807) is 48.2 Å². The van der Waals surface area contributed by atoms with Crippen LogP contribution in [0.15, 0.2) is 42.5 Å². The van der Waals surface area contributed by atoms with Gasteiger partial charge in [-0.25, -0.2) is 0 Å². The lowest BCUT2D eigenvalue weighted by atomic mass is 9.90. The Morgan fingerprint density at radius 3 is 2.41 bits per heavy atom. The first-order chi connectivity index (χ1) is 13.8. The van der Waals surface area contributed by atoms with Crippen LogP contribution in [0.5, 0.6) is 0 Å². The SMILES string of the molecule is Cc1ccc(C(=O)N2CC(c3ccc(C#N)cc3)C2)cc1C(=N)C(Cl)C(=N)C#N. The summed E-state index contributed by atoms with van der Waals surface area (Å²) in [6.45, 7) is 2.97. The monoisotopic (exact) mass is 403 g/mol. The van der Waals surface area contributed by atoms with Gasteiger partial charge in [-0.1, -0.05) is 18.2 Å². The Labute approximate surface area is 174 Å². The van der Waals surface area contributed by atoms with E-state index in [1.165, 1.54) is 0 Å². The molecule has 1 heterocycles.